The lowest BCUT2D eigenvalue weighted by atomic mass is 10.2. The van der Waals surface area contributed by atoms with Gasteiger partial charge in [-0.15, -0.1) is 0 Å². The van der Waals surface area contributed by atoms with Crippen molar-refractivity contribution in [2.75, 3.05) is 18.5 Å². The minimum absolute atomic E-state index is 0.0923. The van der Waals surface area contributed by atoms with E-state index in [-0.39, 0.29) is 18.4 Å². The molecule has 0 heterocycles. The maximum Gasteiger partial charge on any atom is 0.338 e. The van der Waals surface area contributed by atoms with E-state index in [2.05, 4.69) is 10.6 Å². The minimum Gasteiger partial charge on any atom is -0.462 e. The van der Waals surface area contributed by atoms with E-state index < -0.39 is 0 Å². The van der Waals surface area contributed by atoms with Gasteiger partial charge in [-0.2, -0.15) is 0 Å². The number of carbonyl (C=O) groups excluding carboxylic acids is 2. The van der Waals surface area contributed by atoms with Crippen LogP contribution in [-0.4, -0.2) is 25.0 Å². The number of carbonyl (C=O) groups is 2. The molecule has 0 radical (unpaired) electrons. The second-order valence-electron chi connectivity index (χ2n) is 5.33. The minimum atomic E-state index is -0.330. The molecule has 2 N–H and O–H groups in total. The molecule has 0 unspecified atom stereocenters. The SMILES string of the molecule is CCCOC(=O)c1ccc(NCC(=O)NCc2ccccc2)cc1. The maximum atomic E-state index is 11.8. The van der Waals surface area contributed by atoms with E-state index in [0.29, 0.717) is 18.7 Å². The van der Waals surface area contributed by atoms with E-state index in [1.807, 2.05) is 37.3 Å². The summed E-state index contributed by atoms with van der Waals surface area (Å²) in [5.74, 6) is -0.422. The number of benzene rings is 2. The smallest absolute Gasteiger partial charge is 0.338 e. The van der Waals surface area contributed by atoms with Crippen molar-refractivity contribution in [1.29, 1.82) is 0 Å². The average molecular weight is 326 g/mol. The normalized spacial score (nSPS) is 10.0. The summed E-state index contributed by atoms with van der Waals surface area (Å²) in [5.41, 5.74) is 2.33. The number of hydrogen-bond acceptors (Lipinski definition) is 4. The van der Waals surface area contributed by atoms with Crippen LogP contribution in [0.3, 0.4) is 0 Å². The van der Waals surface area contributed by atoms with E-state index in [0.717, 1.165) is 17.7 Å². The molecule has 5 nitrogen and oxygen atoms in total. The Kier molecular flexibility index (Phi) is 6.83. The number of anilines is 1. The largest absolute Gasteiger partial charge is 0.462 e. The van der Waals surface area contributed by atoms with Gasteiger partial charge < -0.3 is 15.4 Å². The first-order chi connectivity index (χ1) is 11.7. The van der Waals surface area contributed by atoms with Crippen LogP contribution in [0.1, 0.15) is 29.3 Å². The van der Waals surface area contributed by atoms with Crippen LogP contribution >= 0.6 is 0 Å². The summed E-state index contributed by atoms with van der Waals surface area (Å²) >= 11 is 0. The van der Waals surface area contributed by atoms with Gasteiger partial charge in [-0.3, -0.25) is 4.79 Å². The number of nitrogens with one attached hydrogen (secondary N) is 2. The molecule has 24 heavy (non-hydrogen) atoms. The number of esters is 1. The molecule has 2 rings (SSSR count). The first kappa shape index (κ1) is 17.5. The molecule has 0 bridgehead atoms. The summed E-state index contributed by atoms with van der Waals surface area (Å²) in [6.45, 7) is 3.04. The summed E-state index contributed by atoms with van der Waals surface area (Å²) in [4.78, 5) is 23.5. The molecule has 0 aliphatic carbocycles. The van der Waals surface area contributed by atoms with Gasteiger partial charge >= 0.3 is 5.97 Å². The van der Waals surface area contributed by atoms with Gasteiger partial charge in [0, 0.05) is 12.2 Å². The Morgan fingerprint density at radius 2 is 1.71 bits per heavy atom. The van der Waals surface area contributed by atoms with Gasteiger partial charge in [0.05, 0.1) is 18.7 Å². The standard InChI is InChI=1S/C19H22N2O3/c1-2-12-24-19(23)16-8-10-17(11-9-16)20-14-18(22)21-13-15-6-4-3-5-7-15/h3-11,20H,2,12-14H2,1H3,(H,21,22). The van der Waals surface area contributed by atoms with Gasteiger partial charge in [-0.25, -0.2) is 4.79 Å². The third-order valence-corrected chi connectivity index (χ3v) is 3.34. The lowest BCUT2D eigenvalue weighted by Gasteiger charge is -2.09. The number of amides is 1. The molecule has 0 saturated carbocycles. The molecule has 1 amide bonds. The fourth-order valence-electron chi connectivity index (χ4n) is 2.04. The summed E-state index contributed by atoms with van der Waals surface area (Å²) in [6, 6.07) is 16.6. The molecule has 2 aromatic rings. The molecule has 0 fully saturated rings. The first-order valence-electron chi connectivity index (χ1n) is 8.00. The predicted octanol–water partition coefficient (Wildman–Crippen LogP) is 2.98. The molecule has 0 atom stereocenters. The van der Waals surface area contributed by atoms with Gasteiger partial charge in [0.25, 0.3) is 0 Å². The van der Waals surface area contributed by atoms with Crippen molar-refractivity contribution < 1.29 is 14.3 Å². The van der Waals surface area contributed by atoms with E-state index >= 15 is 0 Å². The molecule has 0 aromatic heterocycles. The van der Waals surface area contributed by atoms with E-state index in [9.17, 15) is 9.59 Å². The number of hydrogen-bond donors (Lipinski definition) is 2. The Balaban J connectivity index is 1.75. The van der Waals surface area contributed by atoms with Crippen molar-refractivity contribution in [2.24, 2.45) is 0 Å². The predicted molar refractivity (Wildman–Crippen MR) is 93.8 cm³/mol. The second kappa shape index (κ2) is 9.35. The highest BCUT2D eigenvalue weighted by Gasteiger charge is 2.06. The maximum absolute atomic E-state index is 11.8. The van der Waals surface area contributed by atoms with Crippen LogP contribution in [0, 0.1) is 0 Å². The first-order valence-corrected chi connectivity index (χ1v) is 8.00. The summed E-state index contributed by atoms with van der Waals surface area (Å²) < 4.78 is 5.07. The molecule has 126 valence electrons. The lowest BCUT2D eigenvalue weighted by molar-refractivity contribution is -0.119. The molecular formula is C19H22N2O3. The molecule has 0 aliphatic rings. The summed E-state index contributed by atoms with van der Waals surface area (Å²) in [6.07, 6.45) is 0.795. The van der Waals surface area contributed by atoms with Crippen LogP contribution in [0.15, 0.2) is 54.6 Å². The quantitative estimate of drug-likeness (QED) is 0.732. The Hall–Kier alpha value is -2.82. The molecule has 0 saturated heterocycles. The Morgan fingerprint density at radius 3 is 2.38 bits per heavy atom. The van der Waals surface area contributed by atoms with Crippen molar-refractivity contribution in [1.82, 2.24) is 5.32 Å². The van der Waals surface area contributed by atoms with Crippen molar-refractivity contribution in [2.45, 2.75) is 19.9 Å². The number of rotatable bonds is 8. The molecular weight excluding hydrogens is 304 g/mol. The lowest BCUT2D eigenvalue weighted by Crippen LogP contribution is -2.29. The van der Waals surface area contributed by atoms with Crippen LogP contribution < -0.4 is 10.6 Å². The van der Waals surface area contributed by atoms with Crippen molar-refractivity contribution >= 4 is 17.6 Å². The zero-order chi connectivity index (χ0) is 17.2. The monoisotopic (exact) mass is 326 g/mol. The highest BCUT2D eigenvalue weighted by molar-refractivity contribution is 5.90. The van der Waals surface area contributed by atoms with Crippen LogP contribution in [0.25, 0.3) is 0 Å². The number of ether oxygens (including phenoxy) is 1. The van der Waals surface area contributed by atoms with Crippen molar-refractivity contribution in [3.8, 4) is 0 Å². The van der Waals surface area contributed by atoms with Gasteiger partial charge in [0.15, 0.2) is 0 Å². The second-order valence-corrected chi connectivity index (χ2v) is 5.33. The van der Waals surface area contributed by atoms with Crippen LogP contribution in [0.5, 0.6) is 0 Å². The fourth-order valence-corrected chi connectivity index (χ4v) is 2.04. The van der Waals surface area contributed by atoms with Crippen LogP contribution in [-0.2, 0) is 16.1 Å². The third-order valence-electron chi connectivity index (χ3n) is 3.34. The average Bonchev–Trinajstić information content (AvgIpc) is 2.64. The molecule has 0 spiro atoms. The van der Waals surface area contributed by atoms with Crippen molar-refractivity contribution in [3.63, 3.8) is 0 Å². The fraction of sp³-hybridized carbons (Fsp3) is 0.263. The van der Waals surface area contributed by atoms with Gasteiger partial charge in [-0.05, 0) is 36.2 Å². The Morgan fingerprint density at radius 1 is 1.00 bits per heavy atom. The van der Waals surface area contributed by atoms with Gasteiger partial charge in [0.2, 0.25) is 5.91 Å². The van der Waals surface area contributed by atoms with Gasteiger partial charge in [0.1, 0.15) is 0 Å². The van der Waals surface area contributed by atoms with E-state index in [4.69, 9.17) is 4.74 Å². The Bertz CT molecular complexity index is 654. The zero-order valence-corrected chi connectivity index (χ0v) is 13.7. The highest BCUT2D eigenvalue weighted by Crippen LogP contribution is 2.10. The van der Waals surface area contributed by atoms with Crippen LogP contribution in [0.2, 0.25) is 0 Å². The Labute approximate surface area is 142 Å². The van der Waals surface area contributed by atoms with E-state index in [1.165, 1.54) is 0 Å². The highest BCUT2D eigenvalue weighted by atomic mass is 16.5. The zero-order valence-electron chi connectivity index (χ0n) is 13.7. The molecule has 2 aromatic carbocycles. The molecule has 0 aliphatic heterocycles. The molecule has 5 heteroatoms. The summed E-state index contributed by atoms with van der Waals surface area (Å²) in [5, 5.41) is 5.87. The summed E-state index contributed by atoms with van der Waals surface area (Å²) in [7, 11) is 0. The van der Waals surface area contributed by atoms with Crippen LogP contribution in [0.4, 0.5) is 5.69 Å². The topological polar surface area (TPSA) is 67.4 Å². The van der Waals surface area contributed by atoms with E-state index in [1.54, 1.807) is 24.3 Å². The van der Waals surface area contributed by atoms with Gasteiger partial charge in [-0.1, -0.05) is 37.3 Å². The van der Waals surface area contributed by atoms with Crippen molar-refractivity contribution in [3.05, 3.63) is 65.7 Å². The third kappa shape index (κ3) is 5.76.